The number of carbonyl (C=O) groups excluding carboxylic acids is 1. The maximum atomic E-state index is 13.1. The fraction of sp³-hybridized carbons (Fsp3) is 0.480. The summed E-state index contributed by atoms with van der Waals surface area (Å²) in [5.74, 6) is -0.162. The van der Waals surface area contributed by atoms with Gasteiger partial charge in [0.2, 0.25) is 5.91 Å². The second-order valence-electron chi connectivity index (χ2n) is 8.97. The summed E-state index contributed by atoms with van der Waals surface area (Å²) in [6.07, 6.45) is 2.23. The molecule has 31 heavy (non-hydrogen) atoms. The van der Waals surface area contributed by atoms with Gasteiger partial charge in [0.25, 0.3) is 0 Å². The van der Waals surface area contributed by atoms with E-state index in [1.165, 1.54) is 12.1 Å². The van der Waals surface area contributed by atoms with Crippen LogP contribution in [0.4, 0.5) is 4.39 Å². The van der Waals surface area contributed by atoms with Crippen molar-refractivity contribution in [3.8, 4) is 0 Å². The van der Waals surface area contributed by atoms with Crippen LogP contribution in [-0.4, -0.2) is 59.2 Å². The number of likely N-dealkylation sites (N-methyl/N-ethyl adjacent to an activating group) is 1. The van der Waals surface area contributed by atoms with Crippen molar-refractivity contribution >= 4 is 5.91 Å². The molecule has 2 fully saturated rings. The van der Waals surface area contributed by atoms with Crippen LogP contribution in [0.3, 0.4) is 0 Å². The predicted molar refractivity (Wildman–Crippen MR) is 117 cm³/mol. The number of benzene rings is 2. The molecule has 2 atom stereocenters. The molecule has 2 aliphatic rings. The number of aliphatic hydroxyl groups is 1. The topological polar surface area (TPSA) is 53.0 Å². The number of halogens is 1. The SMILES string of the molecule is CN(CC(=O)N1CCC2(CC1)C[C@H](O)C[C@H](c1ccccc1)O2)Cc1ccc(F)cc1. The van der Waals surface area contributed by atoms with E-state index in [0.717, 1.165) is 24.0 Å². The summed E-state index contributed by atoms with van der Waals surface area (Å²) in [6, 6.07) is 16.4. The first-order valence-electron chi connectivity index (χ1n) is 11.0. The summed E-state index contributed by atoms with van der Waals surface area (Å²) in [6.45, 7) is 2.19. The average Bonchev–Trinajstić information content (AvgIpc) is 2.76. The molecule has 0 aliphatic carbocycles. The lowest BCUT2D eigenvalue weighted by molar-refractivity contribution is -0.186. The zero-order valence-electron chi connectivity index (χ0n) is 18.0. The molecule has 0 unspecified atom stereocenters. The minimum absolute atomic E-state index is 0.0930. The van der Waals surface area contributed by atoms with Gasteiger partial charge >= 0.3 is 0 Å². The Bertz CT molecular complexity index is 866. The van der Waals surface area contributed by atoms with E-state index < -0.39 is 0 Å². The van der Waals surface area contributed by atoms with Gasteiger partial charge in [-0.15, -0.1) is 0 Å². The molecule has 2 heterocycles. The number of piperidine rings is 1. The predicted octanol–water partition coefficient (Wildman–Crippen LogP) is 3.53. The highest BCUT2D eigenvalue weighted by Gasteiger charge is 2.44. The van der Waals surface area contributed by atoms with Crippen LogP contribution in [0.25, 0.3) is 0 Å². The molecule has 2 aromatic carbocycles. The van der Waals surface area contributed by atoms with Crippen molar-refractivity contribution in [1.82, 2.24) is 9.80 Å². The summed E-state index contributed by atoms with van der Waals surface area (Å²) >= 11 is 0. The molecule has 1 N–H and O–H groups in total. The summed E-state index contributed by atoms with van der Waals surface area (Å²) in [7, 11) is 1.90. The third-order valence-corrected chi connectivity index (χ3v) is 6.46. The number of hydrogen-bond donors (Lipinski definition) is 1. The molecule has 2 aromatic rings. The van der Waals surface area contributed by atoms with E-state index in [9.17, 15) is 14.3 Å². The third kappa shape index (κ3) is 5.50. The Morgan fingerprint density at radius 1 is 1.16 bits per heavy atom. The Morgan fingerprint density at radius 3 is 2.52 bits per heavy atom. The van der Waals surface area contributed by atoms with E-state index in [0.29, 0.717) is 39.0 Å². The van der Waals surface area contributed by atoms with Gasteiger partial charge < -0.3 is 14.7 Å². The third-order valence-electron chi connectivity index (χ3n) is 6.46. The normalized spacial score (nSPS) is 23.3. The Balaban J connectivity index is 1.31. The zero-order valence-corrected chi connectivity index (χ0v) is 18.0. The van der Waals surface area contributed by atoms with Gasteiger partial charge in [-0.05, 0) is 43.1 Å². The van der Waals surface area contributed by atoms with Gasteiger partial charge in [0.1, 0.15) is 5.82 Å². The van der Waals surface area contributed by atoms with Crippen molar-refractivity contribution < 1.29 is 19.0 Å². The van der Waals surface area contributed by atoms with Gasteiger partial charge in [0.15, 0.2) is 0 Å². The van der Waals surface area contributed by atoms with E-state index in [1.807, 2.05) is 47.2 Å². The molecule has 4 rings (SSSR count). The fourth-order valence-electron chi connectivity index (χ4n) is 4.80. The lowest BCUT2D eigenvalue weighted by Crippen LogP contribution is -2.53. The van der Waals surface area contributed by atoms with Crippen LogP contribution in [0.1, 0.15) is 42.9 Å². The van der Waals surface area contributed by atoms with Crippen molar-refractivity contribution in [3.05, 3.63) is 71.5 Å². The molecule has 0 aromatic heterocycles. The summed E-state index contributed by atoms with van der Waals surface area (Å²) in [5, 5.41) is 10.5. The maximum absolute atomic E-state index is 13.1. The van der Waals surface area contributed by atoms with E-state index in [1.54, 1.807) is 12.1 Å². The highest BCUT2D eigenvalue weighted by Crippen LogP contribution is 2.42. The lowest BCUT2D eigenvalue weighted by Gasteiger charge is -2.48. The molecule has 2 aliphatic heterocycles. The van der Waals surface area contributed by atoms with Crippen molar-refractivity contribution in [2.45, 2.75) is 50.0 Å². The number of rotatable bonds is 5. The van der Waals surface area contributed by atoms with E-state index in [2.05, 4.69) is 0 Å². The summed E-state index contributed by atoms with van der Waals surface area (Å²) < 4.78 is 19.6. The smallest absolute Gasteiger partial charge is 0.236 e. The first-order valence-corrected chi connectivity index (χ1v) is 11.0. The van der Waals surface area contributed by atoms with Crippen LogP contribution < -0.4 is 0 Å². The second kappa shape index (κ2) is 9.47. The molecule has 0 radical (unpaired) electrons. The maximum Gasteiger partial charge on any atom is 0.236 e. The largest absolute Gasteiger partial charge is 0.393 e. The van der Waals surface area contributed by atoms with Gasteiger partial charge in [-0.2, -0.15) is 0 Å². The quantitative estimate of drug-likeness (QED) is 0.795. The minimum atomic E-state index is -0.386. The van der Waals surface area contributed by atoms with Crippen molar-refractivity contribution in [1.29, 1.82) is 0 Å². The Hall–Kier alpha value is -2.28. The number of ether oxygens (including phenoxy) is 1. The molecule has 2 saturated heterocycles. The first kappa shape index (κ1) is 21.9. The molecule has 166 valence electrons. The Labute approximate surface area is 183 Å². The van der Waals surface area contributed by atoms with Gasteiger partial charge in [-0.1, -0.05) is 42.5 Å². The number of carbonyl (C=O) groups is 1. The van der Waals surface area contributed by atoms with Crippen molar-refractivity contribution in [2.75, 3.05) is 26.7 Å². The molecule has 0 bridgehead atoms. The summed E-state index contributed by atoms with van der Waals surface area (Å²) in [5.41, 5.74) is 1.71. The van der Waals surface area contributed by atoms with Crippen LogP contribution in [-0.2, 0) is 16.1 Å². The van der Waals surface area contributed by atoms with Crippen LogP contribution in [0, 0.1) is 5.82 Å². The molecule has 1 amide bonds. The standard InChI is InChI=1S/C25H31FN2O3/c1-27(17-19-7-9-21(26)10-8-19)18-24(30)28-13-11-25(12-14-28)16-22(29)15-23(31-25)20-5-3-2-4-6-20/h2-10,22-23,29H,11-18H2,1H3/t22-,23-/m1/s1. The van der Waals surface area contributed by atoms with Crippen molar-refractivity contribution in [2.24, 2.45) is 0 Å². The van der Waals surface area contributed by atoms with E-state index in [4.69, 9.17) is 4.74 Å². The highest BCUT2D eigenvalue weighted by molar-refractivity contribution is 5.78. The summed E-state index contributed by atoms with van der Waals surface area (Å²) in [4.78, 5) is 16.7. The van der Waals surface area contributed by atoms with Crippen LogP contribution in [0.2, 0.25) is 0 Å². The van der Waals surface area contributed by atoms with Crippen LogP contribution in [0.15, 0.2) is 54.6 Å². The Kier molecular flexibility index (Phi) is 6.70. The average molecular weight is 427 g/mol. The molecule has 6 heteroatoms. The minimum Gasteiger partial charge on any atom is -0.393 e. The fourth-order valence-corrected chi connectivity index (χ4v) is 4.80. The monoisotopic (exact) mass is 426 g/mol. The molecule has 5 nitrogen and oxygen atoms in total. The van der Waals surface area contributed by atoms with Gasteiger partial charge in [-0.25, -0.2) is 4.39 Å². The molecular weight excluding hydrogens is 395 g/mol. The van der Waals surface area contributed by atoms with E-state index >= 15 is 0 Å². The number of hydrogen-bond acceptors (Lipinski definition) is 4. The second-order valence-corrected chi connectivity index (χ2v) is 8.97. The molecule has 1 spiro atoms. The number of amides is 1. The van der Waals surface area contributed by atoms with Gasteiger partial charge in [-0.3, -0.25) is 9.69 Å². The van der Waals surface area contributed by atoms with Crippen LogP contribution in [0.5, 0.6) is 0 Å². The van der Waals surface area contributed by atoms with Crippen LogP contribution >= 0.6 is 0 Å². The molecule has 0 saturated carbocycles. The number of aliphatic hydroxyl groups excluding tert-OH is 1. The first-order chi connectivity index (χ1) is 14.9. The van der Waals surface area contributed by atoms with Crippen molar-refractivity contribution in [3.63, 3.8) is 0 Å². The Morgan fingerprint density at radius 2 is 1.84 bits per heavy atom. The van der Waals surface area contributed by atoms with E-state index in [-0.39, 0.29) is 29.5 Å². The molecular formula is C25H31FN2O3. The lowest BCUT2D eigenvalue weighted by atomic mass is 9.81. The highest BCUT2D eigenvalue weighted by atomic mass is 19.1. The number of nitrogens with zero attached hydrogens (tertiary/aromatic N) is 2. The zero-order chi connectivity index (χ0) is 21.8. The van der Waals surface area contributed by atoms with Gasteiger partial charge in [0, 0.05) is 32.5 Å². The van der Waals surface area contributed by atoms with Gasteiger partial charge in [0.05, 0.1) is 24.4 Å². The number of likely N-dealkylation sites (tertiary alicyclic amines) is 1.